The average Bonchev–Trinajstić information content (AvgIpc) is 3.57. The Bertz CT molecular complexity index is 2790. The maximum atomic E-state index is 5.21. The molecule has 0 aliphatic heterocycles. The predicted octanol–water partition coefficient (Wildman–Crippen LogP) is 13.6. The van der Waals surface area contributed by atoms with Crippen LogP contribution in [-0.2, 0) is 0 Å². The van der Waals surface area contributed by atoms with Gasteiger partial charge in [-0.2, -0.15) is 0 Å². The fraction of sp³-hybridized carbons (Fsp3) is 0. The molecular formula is C47H29NS. The molecule has 0 spiro atoms. The van der Waals surface area contributed by atoms with Crippen molar-refractivity contribution in [2.75, 3.05) is 0 Å². The molecule has 0 fully saturated rings. The van der Waals surface area contributed by atoms with Gasteiger partial charge in [0.15, 0.2) is 0 Å². The van der Waals surface area contributed by atoms with E-state index in [1.165, 1.54) is 85.9 Å². The first kappa shape index (κ1) is 28.0. The van der Waals surface area contributed by atoms with Gasteiger partial charge in [0.2, 0.25) is 0 Å². The maximum Gasteiger partial charge on any atom is 0.0714 e. The standard InChI is InChI=1S/C47H29NS/c1-2-11-30(12-3-1)31-21-23-33(24-22-31)44-37-15-6-8-17-39(37)45(40-18-9-7-16-38(40)44)41-27-25-34(29-48-41)36-19-10-20-42-47(36)46-35-14-5-4-13-32(35)26-28-43(46)49-42/h1-29H. The maximum absolute atomic E-state index is 5.21. The molecule has 1 nitrogen and oxygen atoms in total. The molecular weight excluding hydrogens is 611 g/mol. The molecule has 0 saturated carbocycles. The monoisotopic (exact) mass is 639 g/mol. The van der Waals surface area contributed by atoms with Gasteiger partial charge in [-0.25, -0.2) is 0 Å². The van der Waals surface area contributed by atoms with Crippen LogP contribution in [0.15, 0.2) is 176 Å². The van der Waals surface area contributed by atoms with Gasteiger partial charge in [0.1, 0.15) is 0 Å². The molecule has 2 aromatic heterocycles. The van der Waals surface area contributed by atoms with E-state index in [1.54, 1.807) is 0 Å². The summed E-state index contributed by atoms with van der Waals surface area (Å²) in [7, 11) is 0. The lowest BCUT2D eigenvalue weighted by Gasteiger charge is -2.17. The van der Waals surface area contributed by atoms with E-state index < -0.39 is 0 Å². The second-order valence-electron chi connectivity index (χ2n) is 12.7. The lowest BCUT2D eigenvalue weighted by atomic mass is 9.86. The van der Waals surface area contributed by atoms with Gasteiger partial charge in [-0.3, -0.25) is 4.98 Å². The number of thiophene rings is 1. The Morgan fingerprint density at radius 1 is 0.347 bits per heavy atom. The molecule has 0 aliphatic rings. The first-order chi connectivity index (χ1) is 24.3. The van der Waals surface area contributed by atoms with Crippen LogP contribution in [0.3, 0.4) is 0 Å². The Morgan fingerprint density at radius 2 is 0.918 bits per heavy atom. The average molecular weight is 640 g/mol. The van der Waals surface area contributed by atoms with Crippen LogP contribution in [0, 0.1) is 0 Å². The first-order valence-corrected chi connectivity index (χ1v) is 17.5. The van der Waals surface area contributed by atoms with Crippen LogP contribution in [0.2, 0.25) is 0 Å². The highest BCUT2D eigenvalue weighted by Gasteiger charge is 2.18. The normalized spacial score (nSPS) is 11.7. The van der Waals surface area contributed by atoms with Crippen molar-refractivity contribution in [3.05, 3.63) is 176 Å². The summed E-state index contributed by atoms with van der Waals surface area (Å²) < 4.78 is 2.62. The summed E-state index contributed by atoms with van der Waals surface area (Å²) in [6.07, 6.45) is 2.07. The van der Waals surface area contributed by atoms with E-state index >= 15 is 0 Å². The lowest BCUT2D eigenvalue weighted by Crippen LogP contribution is -1.93. The van der Waals surface area contributed by atoms with Crippen molar-refractivity contribution in [2.45, 2.75) is 0 Å². The molecule has 0 radical (unpaired) electrons. The zero-order chi connectivity index (χ0) is 32.3. The number of benzene rings is 8. The lowest BCUT2D eigenvalue weighted by molar-refractivity contribution is 1.34. The van der Waals surface area contributed by atoms with Gasteiger partial charge in [0.25, 0.3) is 0 Å². The minimum atomic E-state index is 0.981. The molecule has 0 atom stereocenters. The van der Waals surface area contributed by atoms with Crippen LogP contribution in [-0.4, -0.2) is 4.98 Å². The summed E-state index contributed by atoms with van der Waals surface area (Å²) in [4.78, 5) is 5.21. The molecule has 0 saturated heterocycles. The molecule has 8 aromatic carbocycles. The minimum Gasteiger partial charge on any atom is -0.256 e. The summed E-state index contributed by atoms with van der Waals surface area (Å²) >= 11 is 1.87. The summed E-state index contributed by atoms with van der Waals surface area (Å²) in [5.41, 5.74) is 9.43. The molecule has 10 aromatic rings. The third-order valence-corrected chi connectivity index (χ3v) is 11.0. The molecule has 0 amide bonds. The third kappa shape index (κ3) is 4.49. The first-order valence-electron chi connectivity index (χ1n) is 16.7. The third-order valence-electron chi connectivity index (χ3n) is 9.93. The second kappa shape index (κ2) is 11.3. The van der Waals surface area contributed by atoms with E-state index in [1.807, 2.05) is 11.3 Å². The van der Waals surface area contributed by atoms with E-state index in [4.69, 9.17) is 4.98 Å². The van der Waals surface area contributed by atoms with Gasteiger partial charge in [-0.1, -0.05) is 152 Å². The summed E-state index contributed by atoms with van der Waals surface area (Å²) in [5.74, 6) is 0. The predicted molar refractivity (Wildman–Crippen MR) is 211 cm³/mol. The van der Waals surface area contributed by atoms with Gasteiger partial charge < -0.3 is 0 Å². The zero-order valence-corrected chi connectivity index (χ0v) is 27.4. The fourth-order valence-electron chi connectivity index (χ4n) is 7.70. The molecule has 2 heteroatoms. The van der Waals surface area contributed by atoms with Gasteiger partial charge in [-0.05, 0) is 78.3 Å². The van der Waals surface area contributed by atoms with Crippen molar-refractivity contribution in [3.8, 4) is 44.6 Å². The Balaban J connectivity index is 1.14. The number of hydrogen-bond acceptors (Lipinski definition) is 2. The van der Waals surface area contributed by atoms with E-state index in [0.717, 1.165) is 11.3 Å². The van der Waals surface area contributed by atoms with Crippen LogP contribution in [0.1, 0.15) is 0 Å². The van der Waals surface area contributed by atoms with E-state index in [9.17, 15) is 0 Å². The highest BCUT2D eigenvalue weighted by molar-refractivity contribution is 7.26. The largest absolute Gasteiger partial charge is 0.256 e. The molecule has 0 N–H and O–H groups in total. The van der Waals surface area contributed by atoms with Crippen molar-refractivity contribution in [1.82, 2.24) is 4.98 Å². The number of nitrogens with zero attached hydrogens (tertiary/aromatic N) is 1. The molecule has 0 bridgehead atoms. The molecule has 228 valence electrons. The van der Waals surface area contributed by atoms with E-state index in [-0.39, 0.29) is 0 Å². The quantitative estimate of drug-likeness (QED) is 0.175. The topological polar surface area (TPSA) is 12.9 Å². The Hall–Kier alpha value is -6.09. The van der Waals surface area contributed by atoms with Gasteiger partial charge >= 0.3 is 0 Å². The fourth-order valence-corrected chi connectivity index (χ4v) is 8.85. The number of hydrogen-bond donors (Lipinski definition) is 0. The number of aromatic nitrogens is 1. The number of rotatable bonds is 4. The van der Waals surface area contributed by atoms with Crippen molar-refractivity contribution < 1.29 is 0 Å². The van der Waals surface area contributed by atoms with Gasteiger partial charge in [0.05, 0.1) is 5.69 Å². The molecule has 0 aliphatic carbocycles. The minimum absolute atomic E-state index is 0.981. The Labute approximate surface area is 288 Å². The summed E-state index contributed by atoms with van der Waals surface area (Å²) in [6, 6.07) is 61.5. The summed E-state index contributed by atoms with van der Waals surface area (Å²) in [6.45, 7) is 0. The van der Waals surface area contributed by atoms with Crippen molar-refractivity contribution in [2.24, 2.45) is 0 Å². The highest BCUT2D eigenvalue weighted by Crippen LogP contribution is 2.45. The summed E-state index contributed by atoms with van der Waals surface area (Å²) in [5, 5.41) is 10.1. The van der Waals surface area contributed by atoms with Crippen molar-refractivity contribution in [3.63, 3.8) is 0 Å². The molecule has 49 heavy (non-hydrogen) atoms. The second-order valence-corrected chi connectivity index (χ2v) is 13.7. The van der Waals surface area contributed by atoms with Crippen molar-refractivity contribution in [1.29, 1.82) is 0 Å². The Morgan fingerprint density at radius 3 is 1.61 bits per heavy atom. The van der Waals surface area contributed by atoms with Crippen LogP contribution in [0.5, 0.6) is 0 Å². The van der Waals surface area contributed by atoms with E-state index in [2.05, 4.69) is 176 Å². The van der Waals surface area contributed by atoms with Crippen LogP contribution in [0.25, 0.3) is 97.1 Å². The Kier molecular flexibility index (Phi) is 6.43. The highest BCUT2D eigenvalue weighted by atomic mass is 32.1. The zero-order valence-electron chi connectivity index (χ0n) is 26.6. The smallest absolute Gasteiger partial charge is 0.0714 e. The van der Waals surface area contributed by atoms with Crippen molar-refractivity contribution >= 4 is 63.8 Å². The van der Waals surface area contributed by atoms with Gasteiger partial charge in [0, 0.05) is 37.5 Å². The molecule has 10 rings (SSSR count). The molecule has 2 heterocycles. The van der Waals surface area contributed by atoms with Crippen LogP contribution >= 0.6 is 11.3 Å². The SMILES string of the molecule is c1ccc(-c2ccc(-c3c4ccccc4c(-c4ccc(-c5cccc6sc7ccc8ccccc8c7c56)cn4)c4ccccc34)cc2)cc1. The molecule has 0 unspecified atom stereocenters. The van der Waals surface area contributed by atoms with Gasteiger partial charge in [-0.15, -0.1) is 11.3 Å². The van der Waals surface area contributed by atoms with E-state index in [0.29, 0.717) is 0 Å². The van der Waals surface area contributed by atoms with Crippen LogP contribution in [0.4, 0.5) is 0 Å². The number of fused-ring (bicyclic) bond motifs is 7. The number of pyridine rings is 1. The van der Waals surface area contributed by atoms with Crippen LogP contribution < -0.4 is 0 Å².